The molecule has 0 bridgehead atoms. The molecule has 0 saturated heterocycles. The van der Waals surface area contributed by atoms with Gasteiger partial charge in [-0.15, -0.1) is 0 Å². The van der Waals surface area contributed by atoms with Gasteiger partial charge in [-0.2, -0.15) is 0 Å². The van der Waals surface area contributed by atoms with E-state index in [-0.39, 0.29) is 0 Å². The Morgan fingerprint density at radius 3 is 3.36 bits per heavy atom. The third kappa shape index (κ3) is 1.02. The van der Waals surface area contributed by atoms with Gasteiger partial charge in [0.05, 0.1) is 0 Å². The van der Waals surface area contributed by atoms with Crippen molar-refractivity contribution < 1.29 is 4.79 Å². The predicted octanol–water partition coefficient (Wildman–Crippen LogP) is 0.529. The first-order valence-electron chi connectivity index (χ1n) is 3.74. The maximum atomic E-state index is 10.4. The largest absolute Gasteiger partial charge is 0.365 e. The van der Waals surface area contributed by atoms with E-state index in [1.165, 1.54) is 11.3 Å². The lowest BCUT2D eigenvalue weighted by Gasteiger charge is -2.22. The molecule has 2 heterocycles. The smallest absolute Gasteiger partial charge is 0.210 e. The zero-order chi connectivity index (χ0) is 7.68. The van der Waals surface area contributed by atoms with Gasteiger partial charge in [0.25, 0.3) is 0 Å². The van der Waals surface area contributed by atoms with E-state index in [2.05, 4.69) is 4.98 Å². The third-order valence-electron chi connectivity index (χ3n) is 2.10. The van der Waals surface area contributed by atoms with Crippen LogP contribution in [-0.2, 0) is 17.8 Å². The quantitative estimate of drug-likeness (QED) is 0.582. The van der Waals surface area contributed by atoms with Crippen LogP contribution in [-0.4, -0.2) is 22.8 Å². The van der Waals surface area contributed by atoms with Crippen molar-refractivity contribution in [3.8, 4) is 0 Å². The van der Waals surface area contributed by atoms with Gasteiger partial charge in [0.2, 0.25) is 6.41 Å². The number of hydrogen-bond donors (Lipinski definition) is 1. The summed E-state index contributed by atoms with van der Waals surface area (Å²) < 4.78 is 0. The van der Waals surface area contributed by atoms with Gasteiger partial charge in [-0.25, -0.2) is 0 Å². The lowest BCUT2D eigenvalue weighted by Crippen LogP contribution is -2.28. The molecular weight excluding hydrogens is 140 g/mol. The summed E-state index contributed by atoms with van der Waals surface area (Å²) in [6, 6.07) is 2.03. The molecule has 1 aromatic heterocycles. The number of nitrogens with zero attached hydrogens (tertiary/aromatic N) is 1. The molecule has 0 aliphatic carbocycles. The fourth-order valence-corrected chi connectivity index (χ4v) is 1.46. The van der Waals surface area contributed by atoms with Crippen molar-refractivity contribution in [3.05, 3.63) is 23.5 Å². The number of aromatic nitrogens is 1. The van der Waals surface area contributed by atoms with Crippen LogP contribution in [0.25, 0.3) is 0 Å². The highest BCUT2D eigenvalue weighted by Gasteiger charge is 2.14. The molecule has 1 aliphatic heterocycles. The van der Waals surface area contributed by atoms with Crippen molar-refractivity contribution in [1.29, 1.82) is 0 Å². The number of rotatable bonds is 1. The van der Waals surface area contributed by atoms with Gasteiger partial charge in [0, 0.05) is 31.4 Å². The average Bonchev–Trinajstić information content (AvgIpc) is 2.50. The molecule has 0 saturated carbocycles. The number of hydrogen-bond acceptors (Lipinski definition) is 1. The van der Waals surface area contributed by atoms with Gasteiger partial charge in [-0.1, -0.05) is 0 Å². The standard InChI is InChI=1S/C8H10N2O/c11-6-10-4-2-8-7(5-10)1-3-9-8/h1,3,6,9H,2,4-5H2. The van der Waals surface area contributed by atoms with E-state index < -0.39 is 0 Å². The highest BCUT2D eigenvalue weighted by Crippen LogP contribution is 2.15. The van der Waals surface area contributed by atoms with Crippen LogP contribution >= 0.6 is 0 Å². The summed E-state index contributed by atoms with van der Waals surface area (Å²) in [5.74, 6) is 0. The minimum atomic E-state index is 0.766. The van der Waals surface area contributed by atoms with Gasteiger partial charge < -0.3 is 9.88 Å². The molecule has 3 nitrogen and oxygen atoms in total. The first kappa shape index (κ1) is 6.46. The third-order valence-corrected chi connectivity index (χ3v) is 2.10. The fraction of sp³-hybridized carbons (Fsp3) is 0.375. The SMILES string of the molecule is O=CN1CCc2[nH]ccc2C1. The van der Waals surface area contributed by atoms with Crippen LogP contribution in [0, 0.1) is 0 Å². The molecular formula is C8H10N2O. The maximum absolute atomic E-state index is 10.4. The number of H-pyrrole nitrogens is 1. The molecule has 2 rings (SSSR count). The highest BCUT2D eigenvalue weighted by molar-refractivity contribution is 5.48. The molecule has 11 heavy (non-hydrogen) atoms. The van der Waals surface area contributed by atoms with Crippen LogP contribution in [0.4, 0.5) is 0 Å². The number of fused-ring (bicyclic) bond motifs is 1. The number of nitrogens with one attached hydrogen (secondary N) is 1. The summed E-state index contributed by atoms with van der Waals surface area (Å²) in [6.45, 7) is 1.61. The maximum Gasteiger partial charge on any atom is 0.210 e. The Morgan fingerprint density at radius 2 is 2.55 bits per heavy atom. The first-order valence-corrected chi connectivity index (χ1v) is 3.74. The van der Waals surface area contributed by atoms with Gasteiger partial charge in [0.15, 0.2) is 0 Å². The van der Waals surface area contributed by atoms with Crippen LogP contribution in [0.1, 0.15) is 11.3 Å². The van der Waals surface area contributed by atoms with E-state index in [1.807, 2.05) is 12.3 Å². The van der Waals surface area contributed by atoms with Gasteiger partial charge in [-0.3, -0.25) is 4.79 Å². The second-order valence-corrected chi connectivity index (χ2v) is 2.81. The average molecular weight is 150 g/mol. The Hall–Kier alpha value is -1.25. The predicted molar refractivity (Wildman–Crippen MR) is 41.0 cm³/mol. The van der Waals surface area contributed by atoms with Crippen molar-refractivity contribution >= 4 is 6.41 Å². The summed E-state index contributed by atoms with van der Waals surface area (Å²) in [6.07, 6.45) is 3.80. The van der Waals surface area contributed by atoms with Crippen molar-refractivity contribution in [2.45, 2.75) is 13.0 Å². The Kier molecular flexibility index (Phi) is 1.42. The van der Waals surface area contributed by atoms with E-state index in [1.54, 1.807) is 4.90 Å². The second-order valence-electron chi connectivity index (χ2n) is 2.81. The van der Waals surface area contributed by atoms with Gasteiger partial charge >= 0.3 is 0 Å². The molecule has 1 amide bonds. The zero-order valence-corrected chi connectivity index (χ0v) is 6.21. The summed E-state index contributed by atoms with van der Waals surface area (Å²) >= 11 is 0. The Labute approximate surface area is 65.0 Å². The molecule has 0 aromatic carbocycles. The number of aromatic amines is 1. The van der Waals surface area contributed by atoms with E-state index in [4.69, 9.17) is 0 Å². The Morgan fingerprint density at radius 1 is 1.64 bits per heavy atom. The summed E-state index contributed by atoms with van der Waals surface area (Å²) in [5.41, 5.74) is 2.53. The topological polar surface area (TPSA) is 36.1 Å². The molecule has 58 valence electrons. The molecule has 1 aliphatic rings. The van der Waals surface area contributed by atoms with Crippen LogP contribution in [0.2, 0.25) is 0 Å². The van der Waals surface area contributed by atoms with E-state index >= 15 is 0 Å². The Balaban J connectivity index is 2.24. The van der Waals surface area contributed by atoms with Crippen LogP contribution < -0.4 is 0 Å². The molecule has 1 N–H and O–H groups in total. The molecule has 0 spiro atoms. The summed E-state index contributed by atoms with van der Waals surface area (Å²) in [4.78, 5) is 15.4. The number of amides is 1. The monoisotopic (exact) mass is 150 g/mol. The number of carbonyl (C=O) groups is 1. The van der Waals surface area contributed by atoms with Crippen molar-refractivity contribution in [3.63, 3.8) is 0 Å². The highest BCUT2D eigenvalue weighted by atomic mass is 16.1. The van der Waals surface area contributed by atoms with Crippen molar-refractivity contribution in [2.24, 2.45) is 0 Å². The minimum absolute atomic E-state index is 0.766. The second kappa shape index (κ2) is 2.42. The number of carbonyl (C=O) groups excluding carboxylic acids is 1. The van der Waals surface area contributed by atoms with Crippen molar-refractivity contribution in [2.75, 3.05) is 6.54 Å². The van der Waals surface area contributed by atoms with Crippen LogP contribution in [0.15, 0.2) is 12.3 Å². The zero-order valence-electron chi connectivity index (χ0n) is 6.21. The Bertz CT molecular complexity index is 267. The molecule has 0 unspecified atom stereocenters. The molecule has 1 aromatic rings. The van der Waals surface area contributed by atoms with Gasteiger partial charge in [0.1, 0.15) is 0 Å². The van der Waals surface area contributed by atoms with Crippen molar-refractivity contribution in [1.82, 2.24) is 9.88 Å². The normalized spacial score (nSPS) is 16.2. The van der Waals surface area contributed by atoms with Crippen LogP contribution in [0.3, 0.4) is 0 Å². The molecule has 0 fully saturated rings. The summed E-state index contributed by atoms with van der Waals surface area (Å²) in [7, 11) is 0. The van der Waals surface area contributed by atoms with Crippen LogP contribution in [0.5, 0.6) is 0 Å². The first-order chi connectivity index (χ1) is 5.40. The lowest BCUT2D eigenvalue weighted by atomic mass is 10.1. The van der Waals surface area contributed by atoms with E-state index in [0.29, 0.717) is 0 Å². The van der Waals surface area contributed by atoms with E-state index in [0.717, 1.165) is 25.9 Å². The van der Waals surface area contributed by atoms with E-state index in [9.17, 15) is 4.79 Å². The summed E-state index contributed by atoms with van der Waals surface area (Å²) in [5, 5.41) is 0. The molecule has 3 heteroatoms. The fourth-order valence-electron chi connectivity index (χ4n) is 1.46. The molecule has 0 radical (unpaired) electrons. The minimum Gasteiger partial charge on any atom is -0.365 e. The van der Waals surface area contributed by atoms with Gasteiger partial charge in [-0.05, 0) is 11.6 Å². The molecule has 0 atom stereocenters. The lowest BCUT2D eigenvalue weighted by molar-refractivity contribution is -0.118.